The van der Waals surface area contributed by atoms with Crippen LogP contribution in [0.4, 0.5) is 5.69 Å². The lowest BCUT2D eigenvalue weighted by Crippen LogP contribution is -2.09. The molecule has 2 aromatic carbocycles. The summed E-state index contributed by atoms with van der Waals surface area (Å²) in [6.45, 7) is 1.91. The Hall–Kier alpha value is -2.53. The van der Waals surface area contributed by atoms with Gasteiger partial charge in [-0.05, 0) is 13.0 Å². The number of carbonyl (C=O) groups excluding carboxylic acids is 1. The van der Waals surface area contributed by atoms with Crippen LogP contribution in [0.1, 0.15) is 34.0 Å². The predicted octanol–water partition coefficient (Wildman–Crippen LogP) is 3.21. The molecule has 2 aromatic rings. The Morgan fingerprint density at radius 2 is 1.81 bits per heavy atom. The van der Waals surface area contributed by atoms with Gasteiger partial charge in [-0.2, -0.15) is 0 Å². The van der Waals surface area contributed by atoms with Crippen LogP contribution in [0.5, 0.6) is 0 Å². The Morgan fingerprint density at radius 1 is 1.19 bits per heavy atom. The molecule has 108 valence electrons. The monoisotopic (exact) mass is 285 g/mol. The smallest absolute Gasteiger partial charge is 0.275 e. The number of ketones is 1. The molecule has 5 nitrogen and oxygen atoms in total. The van der Waals surface area contributed by atoms with Crippen molar-refractivity contribution in [2.24, 2.45) is 0 Å². The highest BCUT2D eigenvalue weighted by molar-refractivity contribution is 5.96. The first-order valence-corrected chi connectivity index (χ1v) is 6.50. The number of hydrogen-bond donors (Lipinski definition) is 1. The Morgan fingerprint density at radius 3 is 2.43 bits per heavy atom. The van der Waals surface area contributed by atoms with Gasteiger partial charge in [0.1, 0.15) is 0 Å². The zero-order valence-electron chi connectivity index (χ0n) is 11.5. The van der Waals surface area contributed by atoms with Crippen LogP contribution in [-0.2, 0) is 0 Å². The molecular formula is C16H15NO4. The van der Waals surface area contributed by atoms with Crippen LogP contribution in [0.25, 0.3) is 0 Å². The zero-order valence-corrected chi connectivity index (χ0v) is 11.5. The van der Waals surface area contributed by atoms with E-state index < -0.39 is 11.0 Å². The average molecular weight is 285 g/mol. The molecule has 0 amide bonds. The number of nitro benzene ring substituents is 1. The van der Waals surface area contributed by atoms with E-state index in [1.54, 1.807) is 18.2 Å². The number of nitrogens with zero attached hydrogens (tertiary/aromatic N) is 1. The van der Waals surface area contributed by atoms with Crippen molar-refractivity contribution in [3.8, 4) is 0 Å². The van der Waals surface area contributed by atoms with E-state index >= 15 is 0 Å². The molecule has 2 rings (SSSR count). The minimum absolute atomic E-state index is 0.156. The first-order chi connectivity index (χ1) is 9.99. The van der Waals surface area contributed by atoms with Crippen molar-refractivity contribution in [1.29, 1.82) is 0 Å². The second-order valence-electron chi connectivity index (χ2n) is 4.83. The number of rotatable bonds is 5. The highest BCUT2D eigenvalue weighted by atomic mass is 16.6. The lowest BCUT2D eigenvalue weighted by atomic mass is 9.98. The van der Waals surface area contributed by atoms with Crippen LogP contribution in [0.3, 0.4) is 0 Å². The number of nitro groups is 1. The van der Waals surface area contributed by atoms with Gasteiger partial charge in [0, 0.05) is 18.1 Å². The van der Waals surface area contributed by atoms with Crippen LogP contribution < -0.4 is 0 Å². The molecule has 0 spiro atoms. The number of carbonyl (C=O) groups is 1. The lowest BCUT2D eigenvalue weighted by Gasteiger charge is -2.10. The summed E-state index contributed by atoms with van der Waals surface area (Å²) in [6.07, 6.45) is -1.38. The first-order valence-electron chi connectivity index (χ1n) is 6.50. The van der Waals surface area contributed by atoms with Crippen LogP contribution in [0.2, 0.25) is 0 Å². The minimum atomic E-state index is -1.19. The zero-order chi connectivity index (χ0) is 15.4. The molecule has 0 heterocycles. The molecule has 1 N–H and O–H groups in total. The summed E-state index contributed by atoms with van der Waals surface area (Å²) in [6, 6.07) is 12.9. The van der Waals surface area contributed by atoms with Crippen molar-refractivity contribution in [1.82, 2.24) is 0 Å². The van der Waals surface area contributed by atoms with E-state index in [1.165, 1.54) is 18.2 Å². The maximum atomic E-state index is 12.1. The van der Waals surface area contributed by atoms with Gasteiger partial charge in [-0.1, -0.05) is 42.0 Å². The van der Waals surface area contributed by atoms with Gasteiger partial charge in [-0.15, -0.1) is 0 Å². The number of aliphatic hydroxyl groups excluding tert-OH is 1. The largest absolute Gasteiger partial charge is 0.388 e. The Kier molecular flexibility index (Phi) is 4.45. The van der Waals surface area contributed by atoms with Crippen molar-refractivity contribution in [3.63, 3.8) is 0 Å². The van der Waals surface area contributed by atoms with Gasteiger partial charge in [0.05, 0.1) is 16.6 Å². The van der Waals surface area contributed by atoms with Crippen LogP contribution in [0, 0.1) is 17.0 Å². The Labute approximate surface area is 122 Å². The highest BCUT2D eigenvalue weighted by Crippen LogP contribution is 2.27. The highest BCUT2D eigenvalue weighted by Gasteiger charge is 2.22. The van der Waals surface area contributed by atoms with Gasteiger partial charge in [-0.3, -0.25) is 14.9 Å². The molecule has 0 saturated carbocycles. The number of Topliss-reactive ketones (excluding diaryl/α,β-unsaturated/α-hetero) is 1. The molecule has 1 atom stereocenters. The second-order valence-corrected chi connectivity index (χ2v) is 4.83. The van der Waals surface area contributed by atoms with Gasteiger partial charge in [0.2, 0.25) is 0 Å². The van der Waals surface area contributed by atoms with E-state index in [0.717, 1.165) is 5.56 Å². The maximum Gasteiger partial charge on any atom is 0.275 e. The van der Waals surface area contributed by atoms with E-state index in [1.807, 2.05) is 19.1 Å². The number of hydrogen-bond acceptors (Lipinski definition) is 4. The van der Waals surface area contributed by atoms with Gasteiger partial charge in [0.15, 0.2) is 5.78 Å². The van der Waals surface area contributed by atoms with Gasteiger partial charge < -0.3 is 5.11 Å². The molecule has 0 radical (unpaired) electrons. The fraction of sp³-hybridized carbons (Fsp3) is 0.188. The number of para-hydroxylation sites is 1. The van der Waals surface area contributed by atoms with E-state index in [4.69, 9.17) is 0 Å². The summed E-state index contributed by atoms with van der Waals surface area (Å²) in [5, 5.41) is 21.0. The van der Waals surface area contributed by atoms with Crippen LogP contribution in [-0.4, -0.2) is 15.8 Å². The Bertz CT molecular complexity index is 664. The minimum Gasteiger partial charge on any atom is -0.388 e. The third-order valence-electron chi connectivity index (χ3n) is 3.24. The summed E-state index contributed by atoms with van der Waals surface area (Å²) < 4.78 is 0. The quantitative estimate of drug-likeness (QED) is 0.519. The molecule has 0 fully saturated rings. The third kappa shape index (κ3) is 3.52. The normalized spacial score (nSPS) is 11.9. The molecule has 1 unspecified atom stereocenters. The fourth-order valence-electron chi connectivity index (χ4n) is 2.08. The summed E-state index contributed by atoms with van der Waals surface area (Å²) in [4.78, 5) is 22.5. The van der Waals surface area contributed by atoms with E-state index in [2.05, 4.69) is 0 Å². The molecule has 21 heavy (non-hydrogen) atoms. The first kappa shape index (κ1) is 14.9. The molecular weight excluding hydrogens is 270 g/mol. The van der Waals surface area contributed by atoms with Gasteiger partial charge >= 0.3 is 0 Å². The lowest BCUT2D eigenvalue weighted by molar-refractivity contribution is -0.386. The molecule has 0 aliphatic carbocycles. The summed E-state index contributed by atoms with van der Waals surface area (Å²) in [7, 11) is 0. The number of benzene rings is 2. The fourth-order valence-corrected chi connectivity index (χ4v) is 2.08. The summed E-state index contributed by atoms with van der Waals surface area (Å²) >= 11 is 0. The number of aliphatic hydroxyl groups is 1. The molecule has 0 aliphatic rings. The van der Waals surface area contributed by atoms with Crippen molar-refractivity contribution in [2.45, 2.75) is 19.4 Å². The molecule has 0 saturated heterocycles. The Balaban J connectivity index is 2.18. The maximum absolute atomic E-state index is 12.1. The molecule has 0 aromatic heterocycles. The molecule has 5 heteroatoms. The number of aryl methyl sites for hydroxylation is 1. The van der Waals surface area contributed by atoms with Crippen LogP contribution >= 0.6 is 0 Å². The van der Waals surface area contributed by atoms with E-state index in [0.29, 0.717) is 5.56 Å². The van der Waals surface area contributed by atoms with Gasteiger partial charge in [-0.25, -0.2) is 0 Å². The molecule has 0 bridgehead atoms. The van der Waals surface area contributed by atoms with Crippen molar-refractivity contribution >= 4 is 11.5 Å². The average Bonchev–Trinajstić information content (AvgIpc) is 2.47. The van der Waals surface area contributed by atoms with Crippen molar-refractivity contribution in [3.05, 3.63) is 75.3 Å². The topological polar surface area (TPSA) is 80.4 Å². The molecule has 0 aliphatic heterocycles. The van der Waals surface area contributed by atoms with Gasteiger partial charge in [0.25, 0.3) is 5.69 Å². The third-order valence-corrected chi connectivity index (χ3v) is 3.24. The van der Waals surface area contributed by atoms with E-state index in [-0.39, 0.29) is 23.5 Å². The second kappa shape index (κ2) is 6.28. The summed E-state index contributed by atoms with van der Waals surface area (Å²) in [5.74, 6) is -0.249. The van der Waals surface area contributed by atoms with Crippen molar-refractivity contribution in [2.75, 3.05) is 0 Å². The predicted molar refractivity (Wildman–Crippen MR) is 78.2 cm³/mol. The van der Waals surface area contributed by atoms with Crippen LogP contribution in [0.15, 0.2) is 48.5 Å². The van der Waals surface area contributed by atoms with E-state index in [9.17, 15) is 20.0 Å². The van der Waals surface area contributed by atoms with Crippen molar-refractivity contribution < 1.29 is 14.8 Å². The summed E-state index contributed by atoms with van der Waals surface area (Å²) in [5.41, 5.74) is 1.49. The standard InChI is InChI=1S/C16H15NO4/c1-11-6-8-12(9-7-11)15(18)10-16(19)13-4-2-3-5-14(13)17(20)21/h2-9,16,19H,10H2,1H3. The SMILES string of the molecule is Cc1ccc(C(=O)CC(O)c2ccccc2[N+](=O)[O-])cc1.